The van der Waals surface area contributed by atoms with E-state index in [-0.39, 0.29) is 30.0 Å². The van der Waals surface area contributed by atoms with Crippen molar-refractivity contribution in [2.45, 2.75) is 26.3 Å². The van der Waals surface area contributed by atoms with Gasteiger partial charge in [0.2, 0.25) is 5.91 Å². The summed E-state index contributed by atoms with van der Waals surface area (Å²) in [7, 11) is 0. The van der Waals surface area contributed by atoms with Crippen LogP contribution < -0.4 is 5.32 Å². The van der Waals surface area contributed by atoms with Gasteiger partial charge in [-0.05, 0) is 35.7 Å². The van der Waals surface area contributed by atoms with Crippen LogP contribution in [-0.2, 0) is 11.2 Å². The number of carbonyl (C=O) groups is 1. The third kappa shape index (κ3) is 4.31. The topological polar surface area (TPSA) is 62.2 Å². The number of pyridine rings is 1. The molecule has 21 heavy (non-hydrogen) atoms. The van der Waals surface area contributed by atoms with E-state index in [1.165, 1.54) is 0 Å². The van der Waals surface area contributed by atoms with E-state index in [0.717, 1.165) is 11.3 Å². The number of aromatic nitrogens is 1. The second-order valence-electron chi connectivity index (χ2n) is 5.39. The van der Waals surface area contributed by atoms with Crippen LogP contribution in [0.5, 0.6) is 5.75 Å². The Kier molecular flexibility index (Phi) is 4.93. The number of hydrogen-bond donors (Lipinski definition) is 2. The molecule has 0 radical (unpaired) electrons. The second-order valence-corrected chi connectivity index (χ2v) is 5.39. The summed E-state index contributed by atoms with van der Waals surface area (Å²) < 4.78 is 0. The van der Waals surface area contributed by atoms with Crippen molar-refractivity contribution >= 4 is 5.91 Å². The van der Waals surface area contributed by atoms with E-state index in [9.17, 15) is 9.90 Å². The highest BCUT2D eigenvalue weighted by Crippen LogP contribution is 2.20. The first-order valence-corrected chi connectivity index (χ1v) is 7.04. The Hall–Kier alpha value is -2.36. The quantitative estimate of drug-likeness (QED) is 0.887. The van der Waals surface area contributed by atoms with Gasteiger partial charge in [0.15, 0.2) is 0 Å². The third-order valence-electron chi connectivity index (χ3n) is 3.26. The lowest BCUT2D eigenvalue weighted by atomic mass is 9.99. The molecule has 0 saturated heterocycles. The monoisotopic (exact) mass is 284 g/mol. The van der Waals surface area contributed by atoms with Gasteiger partial charge in [-0.25, -0.2) is 0 Å². The molecule has 0 fully saturated rings. The summed E-state index contributed by atoms with van der Waals surface area (Å²) in [6.45, 7) is 4.10. The van der Waals surface area contributed by atoms with Crippen molar-refractivity contribution in [1.82, 2.24) is 10.3 Å². The Labute approximate surface area is 124 Å². The summed E-state index contributed by atoms with van der Waals surface area (Å²) in [5.41, 5.74) is 1.65. The van der Waals surface area contributed by atoms with Crippen molar-refractivity contribution in [1.29, 1.82) is 0 Å². The summed E-state index contributed by atoms with van der Waals surface area (Å²) in [4.78, 5) is 16.5. The van der Waals surface area contributed by atoms with Gasteiger partial charge in [0.05, 0.1) is 18.2 Å². The van der Waals surface area contributed by atoms with Gasteiger partial charge in [0.1, 0.15) is 5.75 Å². The van der Waals surface area contributed by atoms with Crippen LogP contribution in [0.25, 0.3) is 0 Å². The molecule has 2 aromatic rings. The maximum Gasteiger partial charge on any atom is 0.224 e. The van der Waals surface area contributed by atoms with Crippen LogP contribution in [0.15, 0.2) is 48.7 Å². The van der Waals surface area contributed by atoms with Crippen LogP contribution in [0.4, 0.5) is 0 Å². The lowest BCUT2D eigenvalue weighted by molar-refractivity contribution is -0.121. The molecule has 0 aliphatic rings. The van der Waals surface area contributed by atoms with Gasteiger partial charge in [-0.15, -0.1) is 0 Å². The number of amides is 1. The van der Waals surface area contributed by atoms with E-state index in [0.29, 0.717) is 0 Å². The first-order valence-electron chi connectivity index (χ1n) is 7.04. The first-order chi connectivity index (χ1) is 10.1. The number of phenols is 1. The van der Waals surface area contributed by atoms with Gasteiger partial charge in [0.25, 0.3) is 0 Å². The van der Waals surface area contributed by atoms with Crippen LogP contribution in [0, 0.1) is 5.92 Å². The summed E-state index contributed by atoms with van der Waals surface area (Å²) >= 11 is 0. The zero-order valence-electron chi connectivity index (χ0n) is 12.3. The van der Waals surface area contributed by atoms with E-state index in [1.54, 1.807) is 24.4 Å². The molecule has 1 heterocycles. The van der Waals surface area contributed by atoms with Gasteiger partial charge in [-0.3, -0.25) is 9.78 Å². The summed E-state index contributed by atoms with van der Waals surface area (Å²) in [6, 6.07) is 12.3. The molecule has 110 valence electrons. The van der Waals surface area contributed by atoms with Crippen molar-refractivity contribution in [3.63, 3.8) is 0 Å². The van der Waals surface area contributed by atoms with Crippen LogP contribution in [0.2, 0.25) is 0 Å². The zero-order valence-corrected chi connectivity index (χ0v) is 12.3. The first kappa shape index (κ1) is 15.0. The highest BCUT2D eigenvalue weighted by Gasteiger charge is 2.19. The van der Waals surface area contributed by atoms with E-state index < -0.39 is 0 Å². The number of nitrogens with one attached hydrogen (secondary N) is 1. The third-order valence-corrected chi connectivity index (χ3v) is 3.26. The molecule has 4 heteroatoms. The Morgan fingerprint density at radius 3 is 2.67 bits per heavy atom. The summed E-state index contributed by atoms with van der Waals surface area (Å²) in [5, 5.41) is 12.4. The lowest BCUT2D eigenvalue weighted by Gasteiger charge is -2.22. The van der Waals surface area contributed by atoms with Crippen LogP contribution >= 0.6 is 0 Å². The average molecular weight is 284 g/mol. The van der Waals surface area contributed by atoms with Gasteiger partial charge >= 0.3 is 0 Å². The van der Waals surface area contributed by atoms with Crippen LogP contribution in [0.1, 0.15) is 31.1 Å². The molecular weight excluding hydrogens is 264 g/mol. The minimum absolute atomic E-state index is 0.0787. The molecule has 0 unspecified atom stereocenters. The van der Waals surface area contributed by atoms with Crippen molar-refractivity contribution in [2.24, 2.45) is 5.92 Å². The van der Waals surface area contributed by atoms with Gasteiger partial charge in [0, 0.05) is 6.20 Å². The number of aromatic hydroxyl groups is 1. The van der Waals surface area contributed by atoms with E-state index >= 15 is 0 Å². The molecule has 0 aliphatic heterocycles. The van der Waals surface area contributed by atoms with Crippen LogP contribution in [-0.4, -0.2) is 16.0 Å². The second kappa shape index (κ2) is 6.88. The van der Waals surface area contributed by atoms with Crippen LogP contribution in [0.3, 0.4) is 0 Å². The van der Waals surface area contributed by atoms with E-state index in [4.69, 9.17) is 0 Å². The Balaban J connectivity index is 2.05. The fraction of sp³-hybridized carbons (Fsp3) is 0.294. The molecule has 4 nitrogen and oxygen atoms in total. The smallest absolute Gasteiger partial charge is 0.224 e. The van der Waals surface area contributed by atoms with Gasteiger partial charge in [-0.1, -0.05) is 32.0 Å². The number of nitrogens with zero attached hydrogens (tertiary/aromatic N) is 1. The summed E-state index contributed by atoms with van der Waals surface area (Å²) in [6.07, 6.45) is 1.97. The minimum atomic E-state index is -0.115. The van der Waals surface area contributed by atoms with Crippen molar-refractivity contribution in [3.8, 4) is 5.75 Å². The number of hydrogen-bond acceptors (Lipinski definition) is 3. The van der Waals surface area contributed by atoms with Gasteiger partial charge < -0.3 is 10.4 Å². The molecule has 0 aliphatic carbocycles. The maximum atomic E-state index is 12.2. The minimum Gasteiger partial charge on any atom is -0.508 e. The molecule has 1 atom stereocenters. The highest BCUT2D eigenvalue weighted by molar-refractivity contribution is 5.79. The predicted molar refractivity (Wildman–Crippen MR) is 81.8 cm³/mol. The number of carbonyl (C=O) groups excluding carboxylic acids is 1. The van der Waals surface area contributed by atoms with Crippen molar-refractivity contribution < 1.29 is 9.90 Å². The molecule has 2 N–H and O–H groups in total. The summed E-state index contributed by atoms with van der Waals surface area (Å²) in [5.74, 6) is 0.336. The molecule has 0 bridgehead atoms. The Bertz CT molecular complexity index is 597. The molecule has 1 amide bonds. The Morgan fingerprint density at radius 2 is 2.05 bits per heavy atom. The average Bonchev–Trinajstić information content (AvgIpc) is 2.45. The SMILES string of the molecule is CC(C)[C@@H](NC(=O)Cc1cccc(O)c1)c1ccccn1. The predicted octanol–water partition coefficient (Wildman–Crippen LogP) is 2.84. The standard InChI is InChI=1S/C17H20N2O2/c1-12(2)17(15-8-3-4-9-18-15)19-16(21)11-13-6-5-7-14(20)10-13/h3-10,12,17,20H,11H2,1-2H3,(H,19,21)/t17-/m1/s1. The molecule has 1 aromatic heterocycles. The lowest BCUT2D eigenvalue weighted by Crippen LogP contribution is -2.33. The molecule has 1 aromatic carbocycles. The van der Waals surface area contributed by atoms with Crippen molar-refractivity contribution in [2.75, 3.05) is 0 Å². The molecule has 0 saturated carbocycles. The van der Waals surface area contributed by atoms with Gasteiger partial charge in [-0.2, -0.15) is 0 Å². The largest absolute Gasteiger partial charge is 0.508 e. The van der Waals surface area contributed by atoms with E-state index in [2.05, 4.69) is 10.3 Å². The highest BCUT2D eigenvalue weighted by atomic mass is 16.3. The zero-order chi connectivity index (χ0) is 15.2. The molecular formula is C17H20N2O2. The molecule has 2 rings (SSSR count). The fourth-order valence-corrected chi connectivity index (χ4v) is 2.22. The normalized spacial score (nSPS) is 12.1. The molecule has 0 spiro atoms. The number of phenolic OH excluding ortho intramolecular Hbond substituents is 1. The maximum absolute atomic E-state index is 12.2. The van der Waals surface area contributed by atoms with E-state index in [1.807, 2.05) is 38.1 Å². The van der Waals surface area contributed by atoms with Crippen molar-refractivity contribution in [3.05, 3.63) is 59.9 Å². The Morgan fingerprint density at radius 1 is 1.24 bits per heavy atom. The number of rotatable bonds is 5. The number of benzene rings is 1. The fourth-order valence-electron chi connectivity index (χ4n) is 2.22.